The molecule has 1 aromatic heterocycles. The lowest BCUT2D eigenvalue weighted by Gasteiger charge is -2.20. The Labute approximate surface area is 177 Å². The van der Waals surface area contributed by atoms with E-state index in [1.807, 2.05) is 24.3 Å². The van der Waals surface area contributed by atoms with Gasteiger partial charge in [0, 0.05) is 19.2 Å². The molecule has 2 N–H and O–H groups in total. The van der Waals surface area contributed by atoms with Crippen LogP contribution in [0.3, 0.4) is 0 Å². The maximum atomic E-state index is 6.27. The molecule has 0 aliphatic heterocycles. The zero-order chi connectivity index (χ0) is 18.2. The molecule has 3 rings (SSSR count). The van der Waals surface area contributed by atoms with Crippen molar-refractivity contribution in [2.24, 2.45) is 4.99 Å². The van der Waals surface area contributed by atoms with E-state index in [2.05, 4.69) is 21.7 Å². The number of methoxy groups -OCH3 is 1. The van der Waals surface area contributed by atoms with Crippen molar-refractivity contribution < 1.29 is 13.9 Å². The highest BCUT2D eigenvalue weighted by atomic mass is 127. The molecule has 0 amide bonds. The molecule has 148 valence electrons. The zero-order valence-corrected chi connectivity index (χ0v) is 18.2. The van der Waals surface area contributed by atoms with Crippen molar-refractivity contribution >= 4 is 29.9 Å². The fraction of sp³-hybridized carbons (Fsp3) is 0.450. The number of aliphatic imine (C=N–C) groups is 1. The number of halogens is 1. The highest BCUT2D eigenvalue weighted by Crippen LogP contribution is 2.34. The summed E-state index contributed by atoms with van der Waals surface area (Å²) in [5.74, 6) is 3.17. The van der Waals surface area contributed by atoms with Gasteiger partial charge in [-0.1, -0.05) is 12.1 Å². The Kier molecular flexibility index (Phi) is 8.77. The summed E-state index contributed by atoms with van der Waals surface area (Å²) in [5, 5.41) is 6.56. The van der Waals surface area contributed by atoms with Gasteiger partial charge in [0.15, 0.2) is 17.5 Å². The number of guanidine groups is 1. The van der Waals surface area contributed by atoms with E-state index in [4.69, 9.17) is 13.9 Å². The lowest BCUT2D eigenvalue weighted by molar-refractivity contribution is 0.198. The number of nitrogens with one attached hydrogen (secondary N) is 2. The molecule has 2 aromatic rings. The van der Waals surface area contributed by atoms with E-state index in [0.717, 1.165) is 35.7 Å². The van der Waals surface area contributed by atoms with Gasteiger partial charge in [-0.15, -0.1) is 24.0 Å². The lowest BCUT2D eigenvalue weighted by Crippen LogP contribution is -2.36. The van der Waals surface area contributed by atoms with Crippen molar-refractivity contribution in [3.8, 4) is 11.5 Å². The molecular weight excluding hydrogens is 457 g/mol. The SMILES string of the molecule is CN=C(NCc1ccco1)NCc1cccc(OC)c1OC1CCCC1.I. The van der Waals surface area contributed by atoms with Crippen LogP contribution in [0.25, 0.3) is 0 Å². The second-order valence-corrected chi connectivity index (χ2v) is 6.33. The van der Waals surface area contributed by atoms with Gasteiger partial charge >= 0.3 is 0 Å². The molecule has 1 fully saturated rings. The first-order valence-electron chi connectivity index (χ1n) is 9.09. The minimum Gasteiger partial charge on any atom is -0.493 e. The molecule has 0 atom stereocenters. The third-order valence-corrected chi connectivity index (χ3v) is 4.55. The van der Waals surface area contributed by atoms with Crippen molar-refractivity contribution in [3.05, 3.63) is 47.9 Å². The monoisotopic (exact) mass is 485 g/mol. The Morgan fingerprint density at radius 2 is 1.93 bits per heavy atom. The first-order chi connectivity index (χ1) is 12.8. The molecule has 7 heteroatoms. The summed E-state index contributed by atoms with van der Waals surface area (Å²) in [4.78, 5) is 4.26. The van der Waals surface area contributed by atoms with Crippen molar-refractivity contribution in [2.75, 3.05) is 14.2 Å². The van der Waals surface area contributed by atoms with Crippen LogP contribution < -0.4 is 20.1 Å². The fourth-order valence-electron chi connectivity index (χ4n) is 3.15. The molecule has 27 heavy (non-hydrogen) atoms. The van der Waals surface area contributed by atoms with Crippen LogP contribution in [0.15, 0.2) is 46.0 Å². The molecule has 0 spiro atoms. The second kappa shape index (κ2) is 11.1. The number of furan rings is 1. The van der Waals surface area contributed by atoms with Gasteiger partial charge in [0.1, 0.15) is 5.76 Å². The van der Waals surface area contributed by atoms with Gasteiger partial charge in [-0.3, -0.25) is 4.99 Å². The lowest BCUT2D eigenvalue weighted by atomic mass is 10.1. The number of hydrogen-bond acceptors (Lipinski definition) is 4. The van der Waals surface area contributed by atoms with Gasteiger partial charge in [-0.05, 0) is 43.9 Å². The summed E-state index contributed by atoms with van der Waals surface area (Å²) in [6, 6.07) is 9.78. The molecule has 0 radical (unpaired) electrons. The van der Waals surface area contributed by atoms with E-state index in [9.17, 15) is 0 Å². The molecule has 1 heterocycles. The van der Waals surface area contributed by atoms with Gasteiger partial charge in [0.05, 0.1) is 26.0 Å². The van der Waals surface area contributed by atoms with Crippen LogP contribution in [0.4, 0.5) is 0 Å². The Hall–Kier alpha value is -1.90. The second-order valence-electron chi connectivity index (χ2n) is 6.33. The number of hydrogen-bond donors (Lipinski definition) is 2. The zero-order valence-electron chi connectivity index (χ0n) is 15.9. The first-order valence-corrected chi connectivity index (χ1v) is 9.09. The van der Waals surface area contributed by atoms with Gasteiger partial charge in [-0.2, -0.15) is 0 Å². The number of benzene rings is 1. The van der Waals surface area contributed by atoms with Crippen molar-refractivity contribution in [2.45, 2.75) is 44.9 Å². The fourth-order valence-corrected chi connectivity index (χ4v) is 3.15. The van der Waals surface area contributed by atoms with E-state index >= 15 is 0 Å². The van der Waals surface area contributed by atoms with Crippen LogP contribution >= 0.6 is 24.0 Å². The van der Waals surface area contributed by atoms with Crippen LogP contribution in [0.1, 0.15) is 37.0 Å². The van der Waals surface area contributed by atoms with E-state index < -0.39 is 0 Å². The summed E-state index contributed by atoms with van der Waals surface area (Å²) in [6.07, 6.45) is 6.62. The van der Waals surface area contributed by atoms with Gasteiger partial charge in [0.25, 0.3) is 0 Å². The predicted molar refractivity (Wildman–Crippen MR) is 117 cm³/mol. The van der Waals surface area contributed by atoms with Crippen molar-refractivity contribution in [3.63, 3.8) is 0 Å². The summed E-state index contributed by atoms with van der Waals surface area (Å²) in [7, 11) is 3.43. The average Bonchev–Trinajstić information content (AvgIpc) is 3.36. The van der Waals surface area contributed by atoms with Crippen LogP contribution in [0.2, 0.25) is 0 Å². The highest BCUT2D eigenvalue weighted by Gasteiger charge is 2.20. The molecule has 0 saturated heterocycles. The minimum atomic E-state index is 0. The quantitative estimate of drug-likeness (QED) is 0.351. The Morgan fingerprint density at radius 1 is 1.15 bits per heavy atom. The van der Waals surface area contributed by atoms with Crippen LogP contribution in [0, 0.1) is 0 Å². The maximum absolute atomic E-state index is 6.27. The average molecular weight is 485 g/mol. The van der Waals surface area contributed by atoms with Crippen LogP contribution in [0.5, 0.6) is 11.5 Å². The van der Waals surface area contributed by atoms with Crippen LogP contribution in [-0.4, -0.2) is 26.2 Å². The standard InChI is InChI=1S/C20H27N3O3.HI/c1-21-20(23-14-17-10-6-12-25-17)22-13-15-7-5-11-18(24-2)19(15)26-16-8-3-4-9-16;/h5-7,10-12,16H,3-4,8-9,13-14H2,1-2H3,(H2,21,22,23);1H. The van der Waals surface area contributed by atoms with Crippen molar-refractivity contribution in [1.29, 1.82) is 0 Å². The summed E-state index contributed by atoms with van der Waals surface area (Å²) in [6.45, 7) is 1.17. The molecule has 1 aliphatic carbocycles. The van der Waals surface area contributed by atoms with E-state index in [1.165, 1.54) is 12.8 Å². The number of rotatable bonds is 7. The van der Waals surface area contributed by atoms with Crippen LogP contribution in [-0.2, 0) is 13.1 Å². The predicted octanol–water partition coefficient (Wildman–Crippen LogP) is 4.09. The molecule has 6 nitrogen and oxygen atoms in total. The first kappa shape index (κ1) is 21.4. The van der Waals surface area contributed by atoms with Gasteiger partial charge < -0.3 is 24.5 Å². The minimum absolute atomic E-state index is 0. The van der Waals surface area contributed by atoms with E-state index in [-0.39, 0.29) is 30.1 Å². The summed E-state index contributed by atoms with van der Waals surface area (Å²) < 4.78 is 17.1. The number of nitrogens with zero attached hydrogens (tertiary/aromatic N) is 1. The topological polar surface area (TPSA) is 68.0 Å². The van der Waals surface area contributed by atoms with E-state index in [0.29, 0.717) is 19.0 Å². The largest absolute Gasteiger partial charge is 0.493 e. The van der Waals surface area contributed by atoms with Gasteiger partial charge in [-0.25, -0.2) is 0 Å². The highest BCUT2D eigenvalue weighted by molar-refractivity contribution is 14.0. The molecule has 0 bridgehead atoms. The maximum Gasteiger partial charge on any atom is 0.191 e. The molecule has 0 unspecified atom stereocenters. The summed E-state index contributed by atoms with van der Waals surface area (Å²) >= 11 is 0. The van der Waals surface area contributed by atoms with Gasteiger partial charge in [0.2, 0.25) is 0 Å². The Balaban J connectivity index is 0.00000261. The molecular formula is C20H28IN3O3. The summed E-state index contributed by atoms with van der Waals surface area (Å²) in [5.41, 5.74) is 1.05. The third kappa shape index (κ3) is 6.05. The normalized spacial score (nSPS) is 14.5. The molecule has 1 aromatic carbocycles. The third-order valence-electron chi connectivity index (χ3n) is 4.55. The Bertz CT molecular complexity index is 713. The van der Waals surface area contributed by atoms with Crippen molar-refractivity contribution in [1.82, 2.24) is 10.6 Å². The number of ether oxygens (including phenoxy) is 2. The Morgan fingerprint density at radius 3 is 2.59 bits per heavy atom. The molecule has 1 saturated carbocycles. The van der Waals surface area contributed by atoms with E-state index in [1.54, 1.807) is 20.4 Å². The number of para-hydroxylation sites is 1. The smallest absolute Gasteiger partial charge is 0.191 e. The molecule has 1 aliphatic rings.